The summed E-state index contributed by atoms with van der Waals surface area (Å²) in [6, 6.07) is 6.61. The molecule has 0 amide bonds. The van der Waals surface area contributed by atoms with Crippen molar-refractivity contribution in [1.82, 2.24) is 0 Å². The van der Waals surface area contributed by atoms with Crippen LogP contribution in [0, 0.1) is 0 Å². The first kappa shape index (κ1) is 18.5. The van der Waals surface area contributed by atoms with Gasteiger partial charge in [0.1, 0.15) is 29.1 Å². The van der Waals surface area contributed by atoms with Crippen LogP contribution in [0.25, 0.3) is 5.76 Å². The molecular weight excluding hydrogens is 324 g/mol. The number of aliphatic hydroxyl groups excluding tert-OH is 1. The highest BCUT2D eigenvalue weighted by atomic mass is 16.5. The molecule has 0 spiro atoms. The standard InChI is InChI=1S/C17H16O6.C2H6/c1-2-10-16(22)15-13(21)6-9(18)7-14(15)23-17(10)8-3-4-11(19)12(20)5-8;1-2/h3-7,16,18-22H,2H2,1H3;1-2H3. The summed E-state index contributed by atoms with van der Waals surface area (Å²) in [4.78, 5) is 0. The number of hydrogen-bond donors (Lipinski definition) is 5. The van der Waals surface area contributed by atoms with Crippen LogP contribution in [0.2, 0.25) is 0 Å². The Morgan fingerprint density at radius 3 is 2.20 bits per heavy atom. The molecule has 25 heavy (non-hydrogen) atoms. The number of phenolic OH excluding ortho intramolecular Hbond substituents is 4. The lowest BCUT2D eigenvalue weighted by atomic mass is 9.92. The first-order valence-corrected chi connectivity index (χ1v) is 8.09. The second-order valence-corrected chi connectivity index (χ2v) is 5.29. The average Bonchev–Trinajstić information content (AvgIpc) is 2.58. The normalized spacial score (nSPS) is 15.8. The smallest absolute Gasteiger partial charge is 0.158 e. The minimum atomic E-state index is -1.10. The topological polar surface area (TPSA) is 110 Å². The van der Waals surface area contributed by atoms with E-state index in [0.717, 1.165) is 6.07 Å². The van der Waals surface area contributed by atoms with Crippen LogP contribution in [-0.4, -0.2) is 25.5 Å². The third kappa shape index (κ3) is 3.34. The summed E-state index contributed by atoms with van der Waals surface area (Å²) < 4.78 is 5.76. The van der Waals surface area contributed by atoms with Crippen molar-refractivity contribution in [3.8, 4) is 28.7 Å². The molecule has 1 aliphatic heterocycles. The van der Waals surface area contributed by atoms with Gasteiger partial charge in [-0.05, 0) is 24.6 Å². The van der Waals surface area contributed by atoms with Gasteiger partial charge in [0, 0.05) is 23.3 Å². The Hall–Kier alpha value is -2.86. The molecule has 1 atom stereocenters. The van der Waals surface area contributed by atoms with E-state index in [-0.39, 0.29) is 34.3 Å². The van der Waals surface area contributed by atoms with Gasteiger partial charge in [0.05, 0.1) is 5.56 Å². The van der Waals surface area contributed by atoms with Crippen LogP contribution >= 0.6 is 0 Å². The van der Waals surface area contributed by atoms with Crippen LogP contribution in [0.15, 0.2) is 35.9 Å². The van der Waals surface area contributed by atoms with Crippen molar-refractivity contribution in [3.05, 3.63) is 47.0 Å². The largest absolute Gasteiger partial charge is 0.508 e. The Balaban J connectivity index is 0.00000109. The monoisotopic (exact) mass is 346 g/mol. The summed E-state index contributed by atoms with van der Waals surface area (Å²) in [6.45, 7) is 5.82. The summed E-state index contributed by atoms with van der Waals surface area (Å²) in [7, 11) is 0. The summed E-state index contributed by atoms with van der Waals surface area (Å²) in [6.07, 6.45) is -0.659. The third-order valence-corrected chi connectivity index (χ3v) is 3.83. The maximum atomic E-state index is 10.6. The number of aromatic hydroxyl groups is 4. The summed E-state index contributed by atoms with van der Waals surface area (Å²) in [5, 5.41) is 49.2. The number of ether oxygens (including phenoxy) is 1. The fourth-order valence-corrected chi connectivity index (χ4v) is 2.69. The van der Waals surface area contributed by atoms with Gasteiger partial charge in [-0.1, -0.05) is 20.8 Å². The van der Waals surface area contributed by atoms with Gasteiger partial charge in [-0.2, -0.15) is 0 Å². The van der Waals surface area contributed by atoms with E-state index >= 15 is 0 Å². The molecule has 6 nitrogen and oxygen atoms in total. The molecule has 0 saturated carbocycles. The highest BCUT2D eigenvalue weighted by molar-refractivity contribution is 5.73. The molecule has 0 aliphatic carbocycles. The van der Waals surface area contributed by atoms with Crippen molar-refractivity contribution in [2.24, 2.45) is 0 Å². The molecular formula is C19H22O6. The Labute approximate surface area is 145 Å². The van der Waals surface area contributed by atoms with Gasteiger partial charge < -0.3 is 30.3 Å². The van der Waals surface area contributed by atoms with Gasteiger partial charge in [0.25, 0.3) is 0 Å². The molecule has 0 saturated heterocycles. The van der Waals surface area contributed by atoms with Crippen molar-refractivity contribution < 1.29 is 30.3 Å². The molecule has 3 rings (SSSR count). The minimum absolute atomic E-state index is 0.134. The molecule has 6 heteroatoms. The maximum absolute atomic E-state index is 10.6. The van der Waals surface area contributed by atoms with E-state index in [1.807, 2.05) is 20.8 Å². The lowest BCUT2D eigenvalue weighted by Crippen LogP contribution is -2.15. The van der Waals surface area contributed by atoms with E-state index in [1.54, 1.807) is 6.07 Å². The second-order valence-electron chi connectivity index (χ2n) is 5.29. The van der Waals surface area contributed by atoms with E-state index in [2.05, 4.69) is 0 Å². The fraction of sp³-hybridized carbons (Fsp3) is 0.263. The Morgan fingerprint density at radius 2 is 1.60 bits per heavy atom. The number of hydrogen-bond acceptors (Lipinski definition) is 6. The van der Waals surface area contributed by atoms with Crippen LogP contribution in [0.4, 0.5) is 0 Å². The number of rotatable bonds is 2. The predicted molar refractivity (Wildman–Crippen MR) is 93.7 cm³/mol. The molecule has 0 radical (unpaired) electrons. The lowest BCUT2D eigenvalue weighted by molar-refractivity contribution is 0.194. The van der Waals surface area contributed by atoms with Crippen LogP contribution in [-0.2, 0) is 0 Å². The zero-order chi connectivity index (χ0) is 18.7. The summed E-state index contributed by atoms with van der Waals surface area (Å²) >= 11 is 0. The molecule has 2 aromatic rings. The zero-order valence-corrected chi connectivity index (χ0v) is 14.3. The Kier molecular flexibility index (Phi) is 5.44. The highest BCUT2D eigenvalue weighted by Crippen LogP contribution is 2.48. The van der Waals surface area contributed by atoms with Crippen LogP contribution < -0.4 is 4.74 Å². The van der Waals surface area contributed by atoms with Crippen molar-refractivity contribution in [2.75, 3.05) is 0 Å². The Morgan fingerprint density at radius 1 is 0.920 bits per heavy atom. The highest BCUT2D eigenvalue weighted by Gasteiger charge is 2.31. The van der Waals surface area contributed by atoms with Crippen LogP contribution in [0.3, 0.4) is 0 Å². The molecule has 0 bridgehead atoms. The van der Waals surface area contributed by atoms with E-state index < -0.39 is 6.10 Å². The van der Waals surface area contributed by atoms with Gasteiger partial charge in [-0.25, -0.2) is 0 Å². The molecule has 1 unspecified atom stereocenters. The fourth-order valence-electron chi connectivity index (χ4n) is 2.69. The summed E-state index contributed by atoms with van der Waals surface area (Å²) in [5.74, 6) is -0.581. The van der Waals surface area contributed by atoms with Gasteiger partial charge in [-0.3, -0.25) is 0 Å². The number of phenols is 4. The first-order valence-electron chi connectivity index (χ1n) is 8.09. The Bertz CT molecular complexity index is 810. The average molecular weight is 346 g/mol. The number of benzene rings is 2. The predicted octanol–water partition coefficient (Wildman–Crippen LogP) is 3.78. The molecule has 0 aromatic heterocycles. The van der Waals surface area contributed by atoms with E-state index in [1.165, 1.54) is 18.2 Å². The minimum Gasteiger partial charge on any atom is -0.508 e. The molecule has 5 N–H and O–H groups in total. The maximum Gasteiger partial charge on any atom is 0.158 e. The third-order valence-electron chi connectivity index (χ3n) is 3.83. The quantitative estimate of drug-likeness (QED) is 0.529. The van der Waals surface area contributed by atoms with E-state index in [0.29, 0.717) is 23.3 Å². The van der Waals surface area contributed by atoms with E-state index in [9.17, 15) is 25.5 Å². The van der Waals surface area contributed by atoms with Crippen molar-refractivity contribution in [1.29, 1.82) is 0 Å². The molecule has 1 heterocycles. The number of fused-ring (bicyclic) bond motifs is 1. The lowest BCUT2D eigenvalue weighted by Gasteiger charge is -2.28. The van der Waals surface area contributed by atoms with Crippen LogP contribution in [0.5, 0.6) is 28.7 Å². The SMILES string of the molecule is CC.CCC1=C(c2ccc(O)c(O)c2)Oc2cc(O)cc(O)c2C1O. The first-order chi connectivity index (χ1) is 11.9. The molecule has 134 valence electrons. The molecule has 2 aromatic carbocycles. The molecule has 0 fully saturated rings. The number of aliphatic hydroxyl groups is 1. The van der Waals surface area contributed by atoms with Gasteiger partial charge >= 0.3 is 0 Å². The van der Waals surface area contributed by atoms with Crippen molar-refractivity contribution >= 4 is 5.76 Å². The van der Waals surface area contributed by atoms with Gasteiger partial charge in [0.2, 0.25) is 0 Å². The van der Waals surface area contributed by atoms with Crippen molar-refractivity contribution in [3.63, 3.8) is 0 Å². The van der Waals surface area contributed by atoms with Crippen LogP contribution in [0.1, 0.15) is 44.4 Å². The zero-order valence-electron chi connectivity index (χ0n) is 14.3. The van der Waals surface area contributed by atoms with Crippen molar-refractivity contribution in [2.45, 2.75) is 33.3 Å². The van der Waals surface area contributed by atoms with E-state index in [4.69, 9.17) is 4.74 Å². The summed E-state index contributed by atoms with van der Waals surface area (Å²) in [5.41, 5.74) is 1.17. The van der Waals surface area contributed by atoms with Gasteiger partial charge in [-0.15, -0.1) is 0 Å². The molecule has 1 aliphatic rings. The second kappa shape index (κ2) is 7.36. The van der Waals surface area contributed by atoms with Gasteiger partial charge in [0.15, 0.2) is 11.5 Å².